The molecule has 25 heavy (non-hydrogen) atoms. The lowest BCUT2D eigenvalue weighted by Crippen LogP contribution is -2.24. The highest BCUT2D eigenvalue weighted by atomic mass is 35.5. The molecule has 0 spiro atoms. The predicted octanol–water partition coefficient (Wildman–Crippen LogP) is 1.44. The van der Waals surface area contributed by atoms with Crippen molar-refractivity contribution in [1.82, 2.24) is 20.8 Å². The van der Waals surface area contributed by atoms with Crippen LogP contribution in [0.3, 0.4) is 0 Å². The Morgan fingerprint density at radius 3 is 2.72 bits per heavy atom. The Bertz CT molecular complexity index is 693. The third kappa shape index (κ3) is 5.61. The molecule has 1 unspecified atom stereocenters. The van der Waals surface area contributed by atoms with Crippen LogP contribution in [0, 0.1) is 0 Å². The van der Waals surface area contributed by atoms with E-state index in [1.54, 1.807) is 25.2 Å². The lowest BCUT2D eigenvalue weighted by Gasteiger charge is -2.10. The number of hydrogen-bond donors (Lipinski definition) is 2. The van der Waals surface area contributed by atoms with Crippen LogP contribution in [-0.4, -0.2) is 49.9 Å². The molecule has 2 rings (SSSR count). The maximum atomic E-state index is 11.3. The van der Waals surface area contributed by atoms with Crippen molar-refractivity contribution in [2.45, 2.75) is 19.4 Å². The quantitative estimate of drug-likeness (QED) is 0.725. The summed E-state index contributed by atoms with van der Waals surface area (Å²) >= 11 is 0. The van der Waals surface area contributed by atoms with Crippen molar-refractivity contribution in [3.63, 3.8) is 0 Å². The van der Waals surface area contributed by atoms with Crippen LogP contribution in [0.1, 0.15) is 12.7 Å². The molecule has 2 aromatic rings. The van der Waals surface area contributed by atoms with Crippen molar-refractivity contribution in [3.05, 3.63) is 24.0 Å². The molecule has 0 aliphatic rings. The molecule has 0 fully saturated rings. The van der Waals surface area contributed by atoms with Gasteiger partial charge in [-0.25, -0.2) is 0 Å². The van der Waals surface area contributed by atoms with Crippen LogP contribution in [0.2, 0.25) is 0 Å². The van der Waals surface area contributed by atoms with Crippen LogP contribution in [0.25, 0.3) is 11.5 Å². The number of nitrogens with zero attached hydrogens (tertiary/aromatic N) is 2. The zero-order valence-corrected chi connectivity index (χ0v) is 15.5. The number of nitrogens with one attached hydrogen (secondary N) is 2. The van der Waals surface area contributed by atoms with Gasteiger partial charge in [0.15, 0.2) is 23.9 Å². The fraction of sp³-hybridized carbons (Fsp3) is 0.438. The number of carbonyl (C=O) groups excluding carboxylic acids is 1. The molecule has 0 aliphatic heterocycles. The molecular formula is C16H23ClN4O4. The first-order valence-corrected chi connectivity index (χ1v) is 7.59. The van der Waals surface area contributed by atoms with Gasteiger partial charge in [0, 0.05) is 25.1 Å². The van der Waals surface area contributed by atoms with E-state index in [0.29, 0.717) is 29.6 Å². The Hall–Kier alpha value is -2.32. The highest BCUT2D eigenvalue weighted by molar-refractivity contribution is 5.85. The normalized spacial score (nSPS) is 11.4. The van der Waals surface area contributed by atoms with Gasteiger partial charge in [0.2, 0.25) is 0 Å². The summed E-state index contributed by atoms with van der Waals surface area (Å²) in [5.41, 5.74) is 0.718. The molecule has 1 amide bonds. The van der Waals surface area contributed by atoms with Gasteiger partial charge in [0.1, 0.15) is 0 Å². The van der Waals surface area contributed by atoms with Gasteiger partial charge < -0.3 is 24.6 Å². The third-order valence-corrected chi connectivity index (χ3v) is 3.50. The summed E-state index contributed by atoms with van der Waals surface area (Å²) in [6.45, 7) is 1.95. The van der Waals surface area contributed by atoms with Crippen LogP contribution >= 0.6 is 12.4 Å². The first kappa shape index (κ1) is 20.7. The van der Waals surface area contributed by atoms with Gasteiger partial charge in [-0.1, -0.05) is 5.16 Å². The molecule has 0 saturated carbocycles. The van der Waals surface area contributed by atoms with E-state index in [2.05, 4.69) is 20.8 Å². The highest BCUT2D eigenvalue weighted by Crippen LogP contribution is 2.32. The van der Waals surface area contributed by atoms with Gasteiger partial charge in [-0.15, -0.1) is 12.4 Å². The first-order valence-electron chi connectivity index (χ1n) is 7.59. The average molecular weight is 371 g/mol. The van der Waals surface area contributed by atoms with E-state index < -0.39 is 0 Å². The first-order chi connectivity index (χ1) is 11.6. The second kappa shape index (κ2) is 9.85. The van der Waals surface area contributed by atoms with E-state index in [0.717, 1.165) is 5.56 Å². The molecule has 138 valence electrons. The molecule has 1 aromatic heterocycles. The van der Waals surface area contributed by atoms with Crippen LogP contribution in [0.15, 0.2) is 22.7 Å². The Morgan fingerprint density at radius 1 is 1.32 bits per heavy atom. The van der Waals surface area contributed by atoms with Crippen molar-refractivity contribution >= 4 is 18.3 Å². The summed E-state index contributed by atoms with van der Waals surface area (Å²) in [5, 5.41) is 9.59. The van der Waals surface area contributed by atoms with E-state index in [1.807, 2.05) is 14.0 Å². The summed E-state index contributed by atoms with van der Waals surface area (Å²) in [7, 11) is 4.96. The van der Waals surface area contributed by atoms with Crippen molar-refractivity contribution in [2.75, 3.05) is 27.8 Å². The molecule has 0 radical (unpaired) electrons. The Kier molecular flexibility index (Phi) is 8.17. The lowest BCUT2D eigenvalue weighted by molar-refractivity contribution is -0.122. The van der Waals surface area contributed by atoms with Crippen molar-refractivity contribution in [1.29, 1.82) is 0 Å². The zero-order chi connectivity index (χ0) is 17.5. The van der Waals surface area contributed by atoms with E-state index in [9.17, 15) is 4.79 Å². The molecule has 8 nitrogen and oxygen atoms in total. The number of methoxy groups -OCH3 is 1. The summed E-state index contributed by atoms with van der Waals surface area (Å²) in [4.78, 5) is 15.7. The molecule has 0 bridgehead atoms. The summed E-state index contributed by atoms with van der Waals surface area (Å²) < 4.78 is 16.0. The van der Waals surface area contributed by atoms with E-state index in [-0.39, 0.29) is 31.0 Å². The Balaban J connectivity index is 0.00000312. The number of ether oxygens (including phenoxy) is 2. The maximum Gasteiger partial charge on any atom is 0.258 e. The standard InChI is InChI=1S/C16H22N4O4.ClH/c1-10(17-2)7-14-19-16(24-20-14)11-5-6-12(13(8-11)22-4)23-9-15(21)18-3;/h5-6,8,10,17H,7,9H2,1-4H3,(H,18,21);1H. The maximum absolute atomic E-state index is 11.3. The SMILES string of the molecule is CNC(=O)COc1ccc(-c2nc(CC(C)NC)no2)cc1OC.Cl. The van der Waals surface area contributed by atoms with Crippen molar-refractivity contribution in [2.24, 2.45) is 0 Å². The number of aromatic nitrogens is 2. The van der Waals surface area contributed by atoms with E-state index in [1.165, 1.54) is 7.11 Å². The van der Waals surface area contributed by atoms with Crippen LogP contribution in [0.5, 0.6) is 11.5 Å². The average Bonchev–Trinajstić information content (AvgIpc) is 3.07. The molecule has 2 N–H and O–H groups in total. The number of amides is 1. The van der Waals surface area contributed by atoms with Gasteiger partial charge >= 0.3 is 0 Å². The highest BCUT2D eigenvalue weighted by Gasteiger charge is 2.14. The summed E-state index contributed by atoms with van der Waals surface area (Å²) in [6.07, 6.45) is 0.671. The zero-order valence-electron chi connectivity index (χ0n) is 14.7. The molecule has 0 saturated heterocycles. The van der Waals surface area contributed by atoms with Gasteiger partial charge in [-0.2, -0.15) is 4.98 Å². The minimum atomic E-state index is -0.221. The van der Waals surface area contributed by atoms with E-state index in [4.69, 9.17) is 14.0 Å². The molecule has 1 aromatic carbocycles. The van der Waals surface area contributed by atoms with Gasteiger partial charge in [0.05, 0.1) is 7.11 Å². The third-order valence-electron chi connectivity index (χ3n) is 3.50. The second-order valence-corrected chi connectivity index (χ2v) is 5.24. The monoisotopic (exact) mass is 370 g/mol. The molecule has 0 aliphatic carbocycles. The van der Waals surface area contributed by atoms with Gasteiger partial charge in [-0.3, -0.25) is 4.79 Å². The largest absolute Gasteiger partial charge is 0.493 e. The number of halogens is 1. The molecule has 1 heterocycles. The number of rotatable bonds is 8. The molecule has 9 heteroatoms. The lowest BCUT2D eigenvalue weighted by atomic mass is 10.2. The van der Waals surface area contributed by atoms with Crippen LogP contribution in [0.4, 0.5) is 0 Å². The second-order valence-electron chi connectivity index (χ2n) is 5.24. The van der Waals surface area contributed by atoms with Gasteiger partial charge in [0.25, 0.3) is 11.8 Å². The minimum Gasteiger partial charge on any atom is -0.493 e. The fourth-order valence-electron chi connectivity index (χ4n) is 1.97. The minimum absolute atomic E-state index is 0. The van der Waals surface area contributed by atoms with Crippen LogP contribution in [-0.2, 0) is 11.2 Å². The van der Waals surface area contributed by atoms with Crippen molar-refractivity contribution < 1.29 is 18.8 Å². The van der Waals surface area contributed by atoms with Crippen molar-refractivity contribution in [3.8, 4) is 23.0 Å². The smallest absolute Gasteiger partial charge is 0.258 e. The Labute approximate surface area is 152 Å². The number of likely N-dealkylation sites (N-methyl/N-ethyl adjacent to an activating group) is 2. The Morgan fingerprint density at radius 2 is 2.08 bits per heavy atom. The number of benzene rings is 1. The number of hydrogen-bond acceptors (Lipinski definition) is 7. The topological polar surface area (TPSA) is 98.5 Å². The van der Waals surface area contributed by atoms with E-state index >= 15 is 0 Å². The number of carbonyl (C=O) groups is 1. The van der Waals surface area contributed by atoms with Crippen LogP contribution < -0.4 is 20.1 Å². The fourth-order valence-corrected chi connectivity index (χ4v) is 1.97. The summed E-state index contributed by atoms with van der Waals surface area (Å²) in [6, 6.07) is 5.47. The summed E-state index contributed by atoms with van der Waals surface area (Å²) in [5.74, 6) is 1.77. The predicted molar refractivity (Wildman–Crippen MR) is 95.3 cm³/mol. The molecule has 1 atom stereocenters. The van der Waals surface area contributed by atoms with Gasteiger partial charge in [-0.05, 0) is 32.2 Å². The molecular weight excluding hydrogens is 348 g/mol.